The quantitative estimate of drug-likeness (QED) is 0.635. The second-order valence-electron chi connectivity index (χ2n) is 5.89. The zero-order valence-electron chi connectivity index (χ0n) is 12.1. The van der Waals surface area contributed by atoms with Crippen molar-refractivity contribution in [2.24, 2.45) is 5.41 Å². The maximum atomic E-state index is 13.5. The number of benzene rings is 1. The highest BCUT2D eigenvalue weighted by atomic mass is 19.1. The Morgan fingerprint density at radius 2 is 2.10 bits per heavy atom. The number of carbonyl (C=O) groups is 1. The fourth-order valence-electron chi connectivity index (χ4n) is 1.54. The van der Waals surface area contributed by atoms with Gasteiger partial charge in [-0.05, 0) is 35.6 Å². The molecule has 0 amide bonds. The molecule has 3 nitrogen and oxygen atoms in total. The van der Waals surface area contributed by atoms with E-state index in [9.17, 15) is 9.18 Å². The van der Waals surface area contributed by atoms with Crippen LogP contribution in [0.1, 0.15) is 38.3 Å². The third-order valence-electron chi connectivity index (χ3n) is 2.73. The molecule has 110 valence electrons. The van der Waals surface area contributed by atoms with Crippen LogP contribution in [0.15, 0.2) is 24.3 Å². The molecule has 0 fully saturated rings. The zero-order chi connectivity index (χ0) is 15.2. The molecule has 1 rings (SSSR count). The van der Waals surface area contributed by atoms with Crippen LogP contribution in [0.5, 0.6) is 0 Å². The van der Waals surface area contributed by atoms with Gasteiger partial charge < -0.3 is 9.84 Å². The van der Waals surface area contributed by atoms with Gasteiger partial charge in [-0.25, -0.2) is 9.18 Å². The van der Waals surface area contributed by atoms with Gasteiger partial charge in [0.05, 0.1) is 6.61 Å². The van der Waals surface area contributed by atoms with Crippen LogP contribution in [0, 0.1) is 11.2 Å². The predicted octanol–water partition coefficient (Wildman–Crippen LogP) is 3.88. The van der Waals surface area contributed by atoms with Crippen molar-refractivity contribution in [1.82, 2.24) is 0 Å². The van der Waals surface area contributed by atoms with Crippen molar-refractivity contribution in [2.75, 3.05) is 6.61 Å². The molecule has 0 saturated heterocycles. The number of hydrogen-bond donors (Lipinski definition) is 1. The Morgan fingerprint density at radius 3 is 2.70 bits per heavy atom. The van der Waals surface area contributed by atoms with E-state index in [0.29, 0.717) is 13.2 Å². The third kappa shape index (κ3) is 6.48. The van der Waals surface area contributed by atoms with E-state index in [1.807, 2.05) is 0 Å². The first kappa shape index (κ1) is 16.4. The summed E-state index contributed by atoms with van der Waals surface area (Å²) in [5.41, 5.74) is 1.30. The Labute approximate surface area is 119 Å². The molecule has 1 aromatic rings. The van der Waals surface area contributed by atoms with Crippen LogP contribution < -0.4 is 0 Å². The molecular formula is C16H21FO3. The van der Waals surface area contributed by atoms with Gasteiger partial charge in [-0.2, -0.15) is 0 Å². The highest BCUT2D eigenvalue weighted by molar-refractivity contribution is 5.85. The Bertz CT molecular complexity index is 487. The van der Waals surface area contributed by atoms with E-state index >= 15 is 0 Å². The lowest BCUT2D eigenvalue weighted by Crippen LogP contribution is -2.09. The molecular weight excluding hydrogens is 259 g/mol. The van der Waals surface area contributed by atoms with Crippen molar-refractivity contribution >= 4 is 12.0 Å². The first-order chi connectivity index (χ1) is 9.28. The molecule has 0 unspecified atom stereocenters. The summed E-state index contributed by atoms with van der Waals surface area (Å²) in [6.07, 6.45) is 3.11. The first-order valence-corrected chi connectivity index (χ1v) is 6.55. The minimum Gasteiger partial charge on any atom is -0.478 e. The van der Waals surface area contributed by atoms with E-state index in [1.165, 1.54) is 12.1 Å². The molecule has 0 aliphatic carbocycles. The van der Waals surface area contributed by atoms with Crippen LogP contribution in [-0.4, -0.2) is 17.7 Å². The maximum Gasteiger partial charge on any atom is 0.328 e. The van der Waals surface area contributed by atoms with Crippen molar-refractivity contribution < 1.29 is 19.0 Å². The fourth-order valence-corrected chi connectivity index (χ4v) is 1.54. The number of ether oxygens (including phenoxy) is 1. The molecule has 0 bridgehead atoms. The molecule has 4 heteroatoms. The van der Waals surface area contributed by atoms with Gasteiger partial charge in [0.25, 0.3) is 0 Å². The summed E-state index contributed by atoms with van der Waals surface area (Å²) in [5.74, 6) is -1.54. The third-order valence-corrected chi connectivity index (χ3v) is 2.73. The van der Waals surface area contributed by atoms with Crippen LogP contribution in [-0.2, 0) is 16.1 Å². The number of halogens is 1. The summed E-state index contributed by atoms with van der Waals surface area (Å²) in [5, 5.41) is 8.55. The minimum absolute atomic E-state index is 0.220. The predicted molar refractivity (Wildman–Crippen MR) is 76.8 cm³/mol. The van der Waals surface area contributed by atoms with E-state index in [4.69, 9.17) is 9.84 Å². The lowest BCUT2D eigenvalue weighted by atomic mass is 9.93. The molecule has 0 saturated carbocycles. The smallest absolute Gasteiger partial charge is 0.328 e. The van der Waals surface area contributed by atoms with Crippen LogP contribution in [0.2, 0.25) is 0 Å². The lowest BCUT2D eigenvalue weighted by molar-refractivity contribution is -0.131. The first-order valence-electron chi connectivity index (χ1n) is 6.55. The fraction of sp³-hybridized carbons (Fsp3) is 0.438. The Kier molecular flexibility index (Phi) is 5.89. The zero-order valence-corrected chi connectivity index (χ0v) is 12.1. The molecule has 1 aromatic carbocycles. The van der Waals surface area contributed by atoms with Crippen LogP contribution in [0.4, 0.5) is 4.39 Å². The average molecular weight is 280 g/mol. The summed E-state index contributed by atoms with van der Waals surface area (Å²) >= 11 is 0. The van der Waals surface area contributed by atoms with Gasteiger partial charge in [0.1, 0.15) is 5.82 Å². The Hall–Kier alpha value is -1.68. The summed E-state index contributed by atoms with van der Waals surface area (Å²) in [6, 6.07) is 4.57. The van der Waals surface area contributed by atoms with Gasteiger partial charge in [0, 0.05) is 18.2 Å². The van der Waals surface area contributed by atoms with Crippen molar-refractivity contribution in [2.45, 2.75) is 33.8 Å². The number of hydrogen-bond acceptors (Lipinski definition) is 2. The summed E-state index contributed by atoms with van der Waals surface area (Å²) in [4.78, 5) is 10.4. The van der Waals surface area contributed by atoms with Gasteiger partial charge in [-0.15, -0.1) is 0 Å². The van der Waals surface area contributed by atoms with E-state index in [1.54, 1.807) is 12.1 Å². The van der Waals surface area contributed by atoms with E-state index in [2.05, 4.69) is 20.8 Å². The number of carboxylic acid groups (broad SMARTS) is 1. The highest BCUT2D eigenvalue weighted by Crippen LogP contribution is 2.19. The molecule has 0 spiro atoms. The second-order valence-corrected chi connectivity index (χ2v) is 5.89. The number of rotatable bonds is 6. The van der Waals surface area contributed by atoms with Gasteiger partial charge in [0.15, 0.2) is 0 Å². The van der Waals surface area contributed by atoms with Gasteiger partial charge in [0.2, 0.25) is 0 Å². The van der Waals surface area contributed by atoms with Gasteiger partial charge >= 0.3 is 5.97 Å². The van der Waals surface area contributed by atoms with E-state index in [-0.39, 0.29) is 11.0 Å². The van der Waals surface area contributed by atoms with Crippen molar-refractivity contribution in [3.63, 3.8) is 0 Å². The minimum atomic E-state index is -1.10. The van der Waals surface area contributed by atoms with Gasteiger partial charge in [-0.1, -0.05) is 26.8 Å². The standard InChI is InChI=1S/C16H21FO3/c1-16(2,3)8-9-20-11-12-4-6-14(17)13(10-12)5-7-15(18)19/h4-7,10H,8-9,11H2,1-3H3,(H,18,19). The van der Waals surface area contributed by atoms with Crippen molar-refractivity contribution in [3.05, 3.63) is 41.2 Å². The second kappa shape index (κ2) is 7.20. The number of aliphatic carboxylic acids is 1. The molecule has 0 atom stereocenters. The van der Waals surface area contributed by atoms with Crippen LogP contribution in [0.25, 0.3) is 6.08 Å². The van der Waals surface area contributed by atoms with Crippen molar-refractivity contribution in [1.29, 1.82) is 0 Å². The monoisotopic (exact) mass is 280 g/mol. The highest BCUT2D eigenvalue weighted by Gasteiger charge is 2.09. The van der Waals surface area contributed by atoms with Crippen molar-refractivity contribution in [3.8, 4) is 0 Å². The Morgan fingerprint density at radius 1 is 1.40 bits per heavy atom. The largest absolute Gasteiger partial charge is 0.478 e. The molecule has 0 aliphatic heterocycles. The number of carboxylic acids is 1. The average Bonchev–Trinajstić information content (AvgIpc) is 2.33. The SMILES string of the molecule is CC(C)(C)CCOCc1ccc(F)c(C=CC(=O)O)c1. The molecule has 0 radical (unpaired) electrons. The molecule has 1 N–H and O–H groups in total. The van der Waals surface area contributed by atoms with E-state index < -0.39 is 11.8 Å². The maximum absolute atomic E-state index is 13.5. The Balaban J connectivity index is 2.59. The van der Waals surface area contributed by atoms with E-state index in [0.717, 1.165) is 18.1 Å². The molecule has 0 heterocycles. The molecule has 0 aromatic heterocycles. The lowest BCUT2D eigenvalue weighted by Gasteiger charge is -2.17. The summed E-state index contributed by atoms with van der Waals surface area (Å²) in [7, 11) is 0. The summed E-state index contributed by atoms with van der Waals surface area (Å²) in [6.45, 7) is 7.46. The normalized spacial score (nSPS) is 12.0. The van der Waals surface area contributed by atoms with Gasteiger partial charge in [-0.3, -0.25) is 0 Å². The van der Waals surface area contributed by atoms with Crippen LogP contribution in [0.3, 0.4) is 0 Å². The topological polar surface area (TPSA) is 46.5 Å². The summed E-state index contributed by atoms with van der Waals surface area (Å²) < 4.78 is 19.0. The molecule has 0 aliphatic rings. The molecule has 20 heavy (non-hydrogen) atoms. The van der Waals surface area contributed by atoms with Crippen LogP contribution >= 0.6 is 0 Å².